The first kappa shape index (κ1) is 25.9. The van der Waals surface area contributed by atoms with E-state index in [2.05, 4.69) is 30.4 Å². The molecule has 2 amide bonds. The Morgan fingerprint density at radius 2 is 1.74 bits per heavy atom. The highest BCUT2D eigenvalue weighted by atomic mass is 19.1. The van der Waals surface area contributed by atoms with E-state index in [0.717, 1.165) is 30.4 Å². The van der Waals surface area contributed by atoms with E-state index in [1.165, 1.54) is 6.07 Å². The minimum atomic E-state index is -0.686. The quantitative estimate of drug-likeness (QED) is 0.520. The molecule has 2 aliphatic rings. The normalized spacial score (nSPS) is 16.3. The van der Waals surface area contributed by atoms with Gasteiger partial charge >= 0.3 is 6.03 Å². The van der Waals surface area contributed by atoms with E-state index in [1.54, 1.807) is 17.3 Å². The zero-order chi connectivity index (χ0) is 26.8. The minimum absolute atomic E-state index is 0.0552. The van der Waals surface area contributed by atoms with E-state index in [9.17, 15) is 9.18 Å². The fraction of sp³-hybridized carbons (Fsp3) is 0.444. The first-order chi connectivity index (χ1) is 18.3. The van der Waals surface area contributed by atoms with Gasteiger partial charge in [-0.25, -0.2) is 18.6 Å². The summed E-state index contributed by atoms with van der Waals surface area (Å²) in [5, 5.41) is 6.50. The van der Waals surface area contributed by atoms with Crippen LogP contribution >= 0.6 is 0 Å². The van der Waals surface area contributed by atoms with Crippen LogP contribution in [0.5, 0.6) is 0 Å². The Kier molecular flexibility index (Phi) is 7.46. The van der Waals surface area contributed by atoms with Crippen LogP contribution < -0.4 is 20.4 Å². The summed E-state index contributed by atoms with van der Waals surface area (Å²) in [4.78, 5) is 27.5. The van der Waals surface area contributed by atoms with Crippen LogP contribution in [0.25, 0.3) is 10.9 Å². The highest BCUT2D eigenvalue weighted by Gasteiger charge is 2.26. The predicted octanol–water partition coefficient (Wildman–Crippen LogP) is 4.04. The van der Waals surface area contributed by atoms with Crippen LogP contribution in [0.4, 0.5) is 36.5 Å². The van der Waals surface area contributed by atoms with Crippen LogP contribution in [0.3, 0.4) is 0 Å². The number of rotatable bonds is 5. The van der Waals surface area contributed by atoms with Crippen LogP contribution in [-0.2, 0) is 4.74 Å². The fourth-order valence-corrected chi connectivity index (χ4v) is 4.95. The molecule has 0 unspecified atom stereocenters. The number of nitrogens with one attached hydrogen (secondary N) is 2. The Morgan fingerprint density at radius 1 is 1.00 bits per heavy atom. The van der Waals surface area contributed by atoms with Crippen molar-refractivity contribution in [3.05, 3.63) is 47.8 Å². The Morgan fingerprint density at radius 3 is 2.45 bits per heavy atom. The van der Waals surface area contributed by atoms with Crippen molar-refractivity contribution in [2.75, 3.05) is 67.6 Å². The van der Waals surface area contributed by atoms with Gasteiger partial charge in [0.2, 0.25) is 0 Å². The molecule has 2 N–H and O–H groups in total. The number of urea groups is 1. The zero-order valence-electron chi connectivity index (χ0n) is 21.9. The number of amides is 2. The standard InChI is InChI=1S/C27H33F2N7O2/c1-17(2)31-27(37)36-6-4-35(5-7-36)26-18(3)25(24-22(29)12-19(28)13-23(24)33-26)32-20-14-21(16-30-15-20)34-8-10-38-11-9-34/h12-17H,4-11H2,1-3H3,(H,31,37)(H,32,33). The number of halogens is 2. The summed E-state index contributed by atoms with van der Waals surface area (Å²) >= 11 is 0. The highest BCUT2D eigenvalue weighted by Crippen LogP contribution is 2.37. The summed E-state index contributed by atoms with van der Waals surface area (Å²) in [7, 11) is 0. The Labute approximate surface area is 220 Å². The number of ether oxygens (including phenoxy) is 1. The van der Waals surface area contributed by atoms with Gasteiger partial charge in [0.25, 0.3) is 0 Å². The van der Waals surface area contributed by atoms with Crippen molar-refractivity contribution in [2.24, 2.45) is 0 Å². The molecule has 2 aromatic heterocycles. The van der Waals surface area contributed by atoms with Crippen molar-refractivity contribution in [3.8, 4) is 0 Å². The van der Waals surface area contributed by atoms with E-state index in [4.69, 9.17) is 4.74 Å². The van der Waals surface area contributed by atoms with Gasteiger partial charge in [-0.3, -0.25) is 4.98 Å². The number of nitrogens with zero attached hydrogens (tertiary/aromatic N) is 5. The van der Waals surface area contributed by atoms with Crippen molar-refractivity contribution in [1.29, 1.82) is 0 Å². The number of anilines is 4. The molecule has 0 bridgehead atoms. The Balaban J connectivity index is 1.47. The average molecular weight is 526 g/mol. The minimum Gasteiger partial charge on any atom is -0.378 e. The third-order valence-electron chi connectivity index (χ3n) is 6.87. The van der Waals surface area contributed by atoms with Gasteiger partial charge in [-0.1, -0.05) is 0 Å². The first-order valence-corrected chi connectivity index (χ1v) is 12.9. The maximum Gasteiger partial charge on any atom is 0.317 e. The summed E-state index contributed by atoms with van der Waals surface area (Å²) < 4.78 is 34.9. The molecule has 3 aromatic rings. The predicted molar refractivity (Wildman–Crippen MR) is 144 cm³/mol. The highest BCUT2D eigenvalue weighted by molar-refractivity contribution is 5.97. The van der Waals surface area contributed by atoms with E-state index < -0.39 is 11.6 Å². The SMILES string of the molecule is Cc1c(N2CCN(C(=O)NC(C)C)CC2)nc2cc(F)cc(F)c2c1Nc1cncc(N2CCOCC2)c1. The van der Waals surface area contributed by atoms with Gasteiger partial charge in [-0.05, 0) is 26.8 Å². The molecule has 0 aliphatic carbocycles. The van der Waals surface area contributed by atoms with Gasteiger partial charge in [0.15, 0.2) is 0 Å². The number of morpholine rings is 1. The van der Waals surface area contributed by atoms with Crippen molar-refractivity contribution in [3.63, 3.8) is 0 Å². The van der Waals surface area contributed by atoms with Crippen molar-refractivity contribution in [2.45, 2.75) is 26.8 Å². The smallest absolute Gasteiger partial charge is 0.317 e. The number of hydrogen-bond donors (Lipinski definition) is 2. The lowest BCUT2D eigenvalue weighted by Crippen LogP contribution is -2.53. The maximum absolute atomic E-state index is 15.2. The molecule has 0 saturated carbocycles. The average Bonchev–Trinajstić information content (AvgIpc) is 2.90. The van der Waals surface area contributed by atoms with E-state index >= 15 is 4.39 Å². The Hall–Kier alpha value is -3.73. The number of carbonyl (C=O) groups is 1. The number of pyridine rings is 2. The number of fused-ring (bicyclic) bond motifs is 1. The van der Waals surface area contributed by atoms with Crippen LogP contribution in [0.15, 0.2) is 30.6 Å². The summed E-state index contributed by atoms with van der Waals surface area (Å²) in [5.74, 6) is -0.738. The van der Waals surface area contributed by atoms with Gasteiger partial charge in [0, 0.05) is 63.0 Å². The lowest BCUT2D eigenvalue weighted by Gasteiger charge is -2.36. The lowest BCUT2D eigenvalue weighted by molar-refractivity contribution is 0.122. The molecule has 0 spiro atoms. The summed E-state index contributed by atoms with van der Waals surface area (Å²) in [6.45, 7) is 10.7. The second-order valence-corrected chi connectivity index (χ2v) is 9.95. The number of benzene rings is 1. The molecule has 1 aromatic carbocycles. The van der Waals surface area contributed by atoms with E-state index in [-0.39, 0.29) is 23.0 Å². The molecule has 9 nitrogen and oxygen atoms in total. The lowest BCUT2D eigenvalue weighted by atomic mass is 10.1. The molecule has 2 aliphatic heterocycles. The number of piperazine rings is 1. The summed E-state index contributed by atoms with van der Waals surface area (Å²) in [6, 6.07) is 4.06. The molecular weight excluding hydrogens is 492 g/mol. The molecule has 202 valence electrons. The summed E-state index contributed by atoms with van der Waals surface area (Å²) in [6.07, 6.45) is 3.48. The van der Waals surface area contributed by atoms with Crippen molar-refractivity contribution >= 4 is 39.8 Å². The topological polar surface area (TPSA) is 85.9 Å². The number of carbonyl (C=O) groups excluding carboxylic acids is 1. The third kappa shape index (κ3) is 5.42. The number of aromatic nitrogens is 2. The molecule has 11 heteroatoms. The molecule has 2 fully saturated rings. The van der Waals surface area contributed by atoms with Gasteiger partial charge in [-0.2, -0.15) is 0 Å². The first-order valence-electron chi connectivity index (χ1n) is 12.9. The van der Waals surface area contributed by atoms with Gasteiger partial charge in [0.05, 0.1) is 53.6 Å². The van der Waals surface area contributed by atoms with E-state index in [0.29, 0.717) is 56.6 Å². The van der Waals surface area contributed by atoms with Gasteiger partial charge < -0.3 is 30.1 Å². The molecule has 38 heavy (non-hydrogen) atoms. The molecule has 2 saturated heterocycles. The maximum atomic E-state index is 15.2. The van der Waals surface area contributed by atoms with Crippen LogP contribution in [-0.4, -0.2) is 79.4 Å². The third-order valence-corrected chi connectivity index (χ3v) is 6.87. The second-order valence-electron chi connectivity index (χ2n) is 9.95. The summed E-state index contributed by atoms with van der Waals surface area (Å²) in [5.41, 5.74) is 3.11. The second kappa shape index (κ2) is 10.9. The molecule has 0 atom stereocenters. The van der Waals surface area contributed by atoms with Crippen molar-refractivity contribution < 1.29 is 18.3 Å². The fourth-order valence-electron chi connectivity index (χ4n) is 4.95. The van der Waals surface area contributed by atoms with Crippen molar-refractivity contribution in [1.82, 2.24) is 20.2 Å². The molecule has 0 radical (unpaired) electrons. The number of hydrogen-bond acceptors (Lipinski definition) is 7. The molecular formula is C27H33F2N7O2. The largest absolute Gasteiger partial charge is 0.378 e. The zero-order valence-corrected chi connectivity index (χ0v) is 21.9. The molecule has 5 rings (SSSR count). The Bertz CT molecular complexity index is 1320. The molecule has 4 heterocycles. The van der Waals surface area contributed by atoms with Crippen LogP contribution in [0, 0.1) is 18.6 Å². The van der Waals surface area contributed by atoms with Crippen LogP contribution in [0.2, 0.25) is 0 Å². The van der Waals surface area contributed by atoms with Gasteiger partial charge in [-0.15, -0.1) is 0 Å². The van der Waals surface area contributed by atoms with Crippen LogP contribution in [0.1, 0.15) is 19.4 Å². The monoisotopic (exact) mass is 525 g/mol. The van der Waals surface area contributed by atoms with Gasteiger partial charge in [0.1, 0.15) is 17.5 Å². The van der Waals surface area contributed by atoms with E-state index in [1.807, 2.05) is 26.8 Å².